The fraction of sp³-hybridized carbons (Fsp3) is 0.552. The third-order valence-electron chi connectivity index (χ3n) is 7.87. The standard InChI is InChI=1S/C29H36BrClN2O6/c1-3-5-6-11-17-38-28(37)22-23-26(35)33(15-9-10-16-34)25(29(23)18-19(30)24(22)39-29)27(36)32(14-4-2)21-13-8-7-12-20(21)31/h3-4,7-8,12-13,19,22-25,34H,1-2,5-6,9-11,14-18H2/t19?,22-,23-,24-,25?,29?/m0/s1. The maximum atomic E-state index is 14.4. The molecule has 2 amide bonds. The Hall–Kier alpha value is -2.20. The predicted octanol–water partition coefficient (Wildman–Crippen LogP) is 4.28. The molecule has 0 aromatic heterocycles. The average molecular weight is 624 g/mol. The predicted molar refractivity (Wildman–Crippen MR) is 153 cm³/mol. The minimum absolute atomic E-state index is 0.0275. The first-order valence-corrected chi connectivity index (χ1v) is 14.8. The fourth-order valence-electron chi connectivity index (χ4n) is 6.23. The van der Waals surface area contributed by atoms with Crippen LogP contribution in [-0.2, 0) is 23.9 Å². The zero-order valence-corrected chi connectivity index (χ0v) is 24.3. The lowest BCUT2D eigenvalue weighted by atomic mass is 9.70. The molecule has 2 bridgehead atoms. The van der Waals surface area contributed by atoms with Crippen molar-refractivity contribution >= 4 is 51.0 Å². The zero-order valence-electron chi connectivity index (χ0n) is 22.0. The molecule has 0 saturated carbocycles. The molecule has 4 rings (SSSR count). The number of fused-ring (bicyclic) bond motifs is 1. The molecule has 3 aliphatic heterocycles. The van der Waals surface area contributed by atoms with E-state index in [1.807, 2.05) is 6.08 Å². The van der Waals surface area contributed by atoms with Gasteiger partial charge in [0.25, 0.3) is 5.91 Å². The molecule has 39 heavy (non-hydrogen) atoms. The van der Waals surface area contributed by atoms with E-state index in [4.69, 9.17) is 21.1 Å². The lowest BCUT2D eigenvalue weighted by molar-refractivity contribution is -0.155. The summed E-state index contributed by atoms with van der Waals surface area (Å²) in [6.07, 6.45) is 6.60. The van der Waals surface area contributed by atoms with Crippen molar-refractivity contribution in [3.8, 4) is 0 Å². The molecule has 8 nitrogen and oxygen atoms in total. The van der Waals surface area contributed by atoms with Crippen LogP contribution in [0.25, 0.3) is 0 Å². The number of benzene rings is 1. The molecule has 3 saturated heterocycles. The van der Waals surface area contributed by atoms with Crippen molar-refractivity contribution in [2.75, 3.05) is 31.2 Å². The number of aliphatic hydroxyl groups excluding tert-OH is 1. The number of unbranched alkanes of at least 4 members (excludes halogenated alkanes) is 3. The number of likely N-dealkylation sites (tertiary alicyclic amines) is 1. The Morgan fingerprint density at radius 3 is 2.69 bits per heavy atom. The Morgan fingerprint density at radius 2 is 2.00 bits per heavy atom. The molecule has 3 unspecified atom stereocenters. The van der Waals surface area contributed by atoms with E-state index in [2.05, 4.69) is 29.1 Å². The SMILES string of the molecule is C=CCCCCOC(=O)[C@H]1[C@H]2C(=O)N(CCCCO)C(C(=O)N(CC=C)c3ccccc3Cl)C23CC(Br)[C@@H]1O3. The number of aliphatic hydroxyl groups is 1. The first kappa shape index (κ1) is 29.8. The number of halogens is 2. The quantitative estimate of drug-likeness (QED) is 0.144. The van der Waals surface area contributed by atoms with E-state index in [9.17, 15) is 19.5 Å². The van der Waals surface area contributed by atoms with Crippen molar-refractivity contribution in [1.29, 1.82) is 0 Å². The molecule has 1 aromatic carbocycles. The third-order valence-corrected chi connectivity index (χ3v) is 9.03. The van der Waals surface area contributed by atoms with Gasteiger partial charge in [-0.1, -0.05) is 51.8 Å². The Morgan fingerprint density at radius 1 is 1.23 bits per heavy atom. The van der Waals surface area contributed by atoms with E-state index < -0.39 is 35.6 Å². The summed E-state index contributed by atoms with van der Waals surface area (Å²) in [7, 11) is 0. The average Bonchev–Trinajstić information content (AvgIpc) is 3.51. The van der Waals surface area contributed by atoms with Gasteiger partial charge in [0.2, 0.25) is 5.91 Å². The summed E-state index contributed by atoms with van der Waals surface area (Å²) in [6.45, 7) is 8.17. The molecular formula is C29H36BrClN2O6. The minimum Gasteiger partial charge on any atom is -0.465 e. The number of hydrogen-bond donors (Lipinski definition) is 1. The number of allylic oxidation sites excluding steroid dienone is 1. The van der Waals surface area contributed by atoms with Gasteiger partial charge in [-0.3, -0.25) is 14.4 Å². The van der Waals surface area contributed by atoms with Gasteiger partial charge in [0.15, 0.2) is 0 Å². The highest BCUT2D eigenvalue weighted by Crippen LogP contribution is 2.60. The summed E-state index contributed by atoms with van der Waals surface area (Å²) in [5.41, 5.74) is -0.690. The first-order chi connectivity index (χ1) is 18.8. The summed E-state index contributed by atoms with van der Waals surface area (Å²) < 4.78 is 12.2. The van der Waals surface area contributed by atoms with E-state index in [0.29, 0.717) is 36.4 Å². The number of amides is 2. The molecule has 10 heteroatoms. The molecular weight excluding hydrogens is 588 g/mol. The minimum atomic E-state index is -1.20. The lowest BCUT2D eigenvalue weighted by Gasteiger charge is -2.37. The van der Waals surface area contributed by atoms with E-state index in [1.165, 1.54) is 4.90 Å². The second-order valence-corrected chi connectivity index (χ2v) is 11.9. The number of anilines is 1. The van der Waals surface area contributed by atoms with Crippen molar-refractivity contribution < 1.29 is 29.0 Å². The maximum absolute atomic E-state index is 14.4. The highest BCUT2D eigenvalue weighted by Gasteiger charge is 2.77. The topological polar surface area (TPSA) is 96.4 Å². The van der Waals surface area contributed by atoms with E-state index in [0.717, 1.165) is 12.8 Å². The molecule has 1 aromatic rings. The number of ether oxygens (including phenoxy) is 2. The molecule has 3 aliphatic rings. The summed E-state index contributed by atoms with van der Waals surface area (Å²) in [5, 5.41) is 9.76. The monoisotopic (exact) mass is 622 g/mol. The van der Waals surface area contributed by atoms with Crippen LogP contribution in [0.15, 0.2) is 49.6 Å². The summed E-state index contributed by atoms with van der Waals surface area (Å²) in [4.78, 5) is 44.7. The maximum Gasteiger partial charge on any atom is 0.312 e. The van der Waals surface area contributed by atoms with Gasteiger partial charge in [0.05, 0.1) is 35.3 Å². The van der Waals surface area contributed by atoms with Crippen molar-refractivity contribution in [2.24, 2.45) is 11.8 Å². The van der Waals surface area contributed by atoms with Gasteiger partial charge >= 0.3 is 5.97 Å². The van der Waals surface area contributed by atoms with Crippen LogP contribution in [0.2, 0.25) is 5.02 Å². The number of esters is 1. The molecule has 212 valence electrons. The van der Waals surface area contributed by atoms with Gasteiger partial charge in [0, 0.05) is 24.5 Å². The number of nitrogens with zero attached hydrogens (tertiary/aromatic N) is 2. The number of carbonyl (C=O) groups excluding carboxylic acids is 3. The van der Waals surface area contributed by atoms with Crippen LogP contribution in [0.1, 0.15) is 38.5 Å². The van der Waals surface area contributed by atoms with Crippen molar-refractivity contribution in [2.45, 2.75) is 61.1 Å². The van der Waals surface area contributed by atoms with Gasteiger partial charge in [0.1, 0.15) is 11.6 Å². The summed E-state index contributed by atoms with van der Waals surface area (Å²) >= 11 is 10.2. The van der Waals surface area contributed by atoms with Crippen LogP contribution in [0.3, 0.4) is 0 Å². The van der Waals surface area contributed by atoms with Crippen molar-refractivity contribution in [3.63, 3.8) is 0 Å². The zero-order chi connectivity index (χ0) is 28.2. The van der Waals surface area contributed by atoms with Crippen LogP contribution in [-0.4, -0.2) is 76.7 Å². The Balaban J connectivity index is 1.69. The van der Waals surface area contributed by atoms with Gasteiger partial charge in [-0.25, -0.2) is 0 Å². The Labute approximate surface area is 243 Å². The smallest absolute Gasteiger partial charge is 0.312 e. The van der Waals surface area contributed by atoms with Gasteiger partial charge in [-0.05, 0) is 50.7 Å². The largest absolute Gasteiger partial charge is 0.465 e. The molecule has 0 radical (unpaired) electrons. The highest BCUT2D eigenvalue weighted by atomic mass is 79.9. The summed E-state index contributed by atoms with van der Waals surface area (Å²) in [5.74, 6) is -2.76. The number of alkyl halides is 1. The number of para-hydroxylation sites is 1. The van der Waals surface area contributed by atoms with Gasteiger partial charge < -0.3 is 24.4 Å². The molecule has 3 heterocycles. The van der Waals surface area contributed by atoms with E-state index in [1.54, 1.807) is 35.2 Å². The fourth-order valence-corrected chi connectivity index (χ4v) is 7.41. The second kappa shape index (κ2) is 13.0. The lowest BCUT2D eigenvalue weighted by Crippen LogP contribution is -2.57. The van der Waals surface area contributed by atoms with Crippen LogP contribution in [0, 0.1) is 11.8 Å². The summed E-state index contributed by atoms with van der Waals surface area (Å²) in [6, 6.07) is 6.05. The van der Waals surface area contributed by atoms with Crippen LogP contribution < -0.4 is 4.90 Å². The molecule has 1 N–H and O–H groups in total. The van der Waals surface area contributed by atoms with E-state index in [-0.39, 0.29) is 42.9 Å². The third kappa shape index (κ3) is 5.56. The number of hydrogen-bond acceptors (Lipinski definition) is 6. The van der Waals surface area contributed by atoms with Crippen LogP contribution >= 0.6 is 27.5 Å². The number of carbonyl (C=O) groups is 3. The van der Waals surface area contributed by atoms with Gasteiger partial charge in [-0.2, -0.15) is 0 Å². The first-order valence-electron chi connectivity index (χ1n) is 13.5. The number of rotatable bonds is 14. The van der Waals surface area contributed by atoms with E-state index >= 15 is 0 Å². The molecule has 3 fully saturated rings. The van der Waals surface area contributed by atoms with Crippen LogP contribution in [0.5, 0.6) is 0 Å². The Bertz CT molecular complexity index is 1100. The van der Waals surface area contributed by atoms with Gasteiger partial charge in [-0.15, -0.1) is 13.2 Å². The molecule has 1 spiro atoms. The molecule has 6 atom stereocenters. The van der Waals surface area contributed by atoms with Crippen molar-refractivity contribution in [1.82, 2.24) is 4.90 Å². The van der Waals surface area contributed by atoms with Crippen LogP contribution in [0.4, 0.5) is 5.69 Å². The Kier molecular flexibility index (Phi) is 9.91. The highest BCUT2D eigenvalue weighted by molar-refractivity contribution is 9.09. The second-order valence-electron chi connectivity index (χ2n) is 10.3. The van der Waals surface area contributed by atoms with Crippen molar-refractivity contribution in [3.05, 3.63) is 54.6 Å². The molecule has 0 aliphatic carbocycles. The normalized spacial score (nSPS) is 28.8.